The van der Waals surface area contributed by atoms with Crippen LogP contribution in [0.4, 0.5) is 0 Å². The molecule has 21 heteroatoms. The third-order valence-corrected chi connectivity index (χ3v) is 20.0. The van der Waals surface area contributed by atoms with Gasteiger partial charge in [0.1, 0.15) is 71.6 Å². The number of hydrogen-bond donors (Lipinski definition) is 19. The minimum Gasteiger partial charge on any atom is -0.507 e. The number of carboxylic acids is 1. The van der Waals surface area contributed by atoms with E-state index in [0.717, 1.165) is 0 Å². The van der Waals surface area contributed by atoms with Gasteiger partial charge in [0.15, 0.2) is 0 Å². The Kier molecular flexibility index (Phi) is 27.7. The van der Waals surface area contributed by atoms with Gasteiger partial charge in [-0.25, -0.2) is 0 Å². The Morgan fingerprint density at radius 2 is 0.640 bits per heavy atom. The molecule has 0 fully saturated rings. The van der Waals surface area contributed by atoms with Crippen LogP contribution in [0, 0.1) is 0 Å². The smallest absolute Gasteiger partial charge is 0.319 e. The molecule has 0 saturated heterocycles. The lowest BCUT2D eigenvalue weighted by atomic mass is 9.46. The number of rotatable bonds is 29. The zero-order valence-corrected chi connectivity index (χ0v) is 63.8. The summed E-state index contributed by atoms with van der Waals surface area (Å²) in [4.78, 5) is 18.0. The first-order chi connectivity index (χ1) is 45.3. The molecule has 568 valence electrons. The highest BCUT2D eigenvalue weighted by atomic mass is 16.5. The van der Waals surface area contributed by atoms with Crippen LogP contribution < -0.4 is 4.74 Å². The molecule has 0 saturated carbocycles. The van der Waals surface area contributed by atoms with Crippen LogP contribution in [-0.2, 0) is 71.8 Å². The Morgan fingerprint density at radius 3 is 0.930 bits per heavy atom. The van der Waals surface area contributed by atoms with Gasteiger partial charge in [0.2, 0.25) is 0 Å². The lowest BCUT2D eigenvalue weighted by molar-refractivity contribution is -0.145. The van der Waals surface area contributed by atoms with E-state index in [1.807, 2.05) is 83.1 Å². The summed E-state index contributed by atoms with van der Waals surface area (Å²) >= 11 is 0. The van der Waals surface area contributed by atoms with Crippen molar-refractivity contribution < 1.29 is 107 Å². The summed E-state index contributed by atoms with van der Waals surface area (Å²) in [5.74, 6) is -2.72. The third-order valence-electron chi connectivity index (χ3n) is 20.0. The number of carbonyl (C=O) groups is 1. The number of aliphatic carboxylic acids is 1. The molecule has 0 aliphatic carbocycles. The largest absolute Gasteiger partial charge is 0.507 e. The van der Waals surface area contributed by atoms with Crippen LogP contribution in [0.1, 0.15) is 256 Å². The summed E-state index contributed by atoms with van der Waals surface area (Å²) in [6.45, 7) is 35.0. The third kappa shape index (κ3) is 18.2. The molecule has 4 rings (SSSR count). The van der Waals surface area contributed by atoms with Crippen LogP contribution in [0.25, 0.3) is 0 Å². The van der Waals surface area contributed by atoms with E-state index in [0.29, 0.717) is 0 Å². The average molecular weight is 1410 g/mol. The van der Waals surface area contributed by atoms with Crippen LogP contribution in [0.15, 0.2) is 36.4 Å². The maximum Gasteiger partial charge on any atom is 0.319 e. The van der Waals surface area contributed by atoms with Gasteiger partial charge in [0.05, 0.1) is 57.5 Å². The van der Waals surface area contributed by atoms with E-state index in [9.17, 15) is 97.0 Å². The molecule has 4 aromatic carbocycles. The molecule has 0 aromatic heterocycles. The molecule has 100 heavy (non-hydrogen) atoms. The molecule has 0 aliphatic heterocycles. The molecule has 11 atom stereocenters. The number of aromatic hydroxyl groups is 3. The zero-order chi connectivity index (χ0) is 77.5. The Balaban J connectivity index is 3.25. The summed E-state index contributed by atoms with van der Waals surface area (Å²) in [5.41, 5.74) is -15.7. The summed E-state index contributed by atoms with van der Waals surface area (Å²) in [6, 6.07) is 9.45. The first-order valence-corrected chi connectivity index (χ1v) is 34.9. The second-order valence-electron chi connectivity index (χ2n) is 35.8. The molecule has 21 nitrogen and oxygen atoms in total. The van der Waals surface area contributed by atoms with E-state index in [4.69, 9.17) is 4.74 Å². The Morgan fingerprint density at radius 1 is 0.360 bits per heavy atom. The molecule has 0 radical (unpaired) electrons. The van der Waals surface area contributed by atoms with Gasteiger partial charge in [-0.15, -0.1) is 0 Å². The lowest BCUT2D eigenvalue weighted by Gasteiger charge is -2.54. The highest BCUT2D eigenvalue weighted by molar-refractivity contribution is 5.93. The van der Waals surface area contributed by atoms with E-state index >= 15 is 4.79 Å². The quantitative estimate of drug-likeness (QED) is 0.0268. The molecule has 1 unspecified atom stereocenters. The van der Waals surface area contributed by atoms with Crippen molar-refractivity contribution in [2.45, 2.75) is 307 Å². The predicted molar refractivity (Wildman–Crippen MR) is 386 cm³/mol. The van der Waals surface area contributed by atoms with E-state index < -0.39 is 186 Å². The average Bonchev–Trinajstić information content (AvgIpc) is 0.672. The van der Waals surface area contributed by atoms with Gasteiger partial charge in [-0.3, -0.25) is 4.79 Å². The summed E-state index contributed by atoms with van der Waals surface area (Å²) in [7, 11) is 0. The maximum atomic E-state index is 18.0. The van der Waals surface area contributed by atoms with E-state index in [2.05, 4.69) is 0 Å². The van der Waals surface area contributed by atoms with Crippen molar-refractivity contribution in [1.82, 2.24) is 0 Å². The van der Waals surface area contributed by atoms with E-state index in [1.54, 1.807) is 100 Å². The number of ether oxygens (including phenoxy) is 1. The molecule has 19 N–H and O–H groups in total. The molecule has 0 heterocycles. The van der Waals surface area contributed by atoms with Gasteiger partial charge in [0, 0.05) is 29.4 Å². The fourth-order valence-corrected chi connectivity index (χ4v) is 14.2. The van der Waals surface area contributed by atoms with Crippen molar-refractivity contribution >= 4 is 5.97 Å². The molecular weight excluding hydrogens is 1280 g/mol. The fraction of sp³-hybridized carbons (Fsp3) is 0.684. The van der Waals surface area contributed by atoms with Crippen molar-refractivity contribution in [3.63, 3.8) is 0 Å². The summed E-state index contributed by atoms with van der Waals surface area (Å²) < 4.78 is 6.94. The van der Waals surface area contributed by atoms with Crippen molar-refractivity contribution in [3.05, 3.63) is 114 Å². The molecular formula is C79H126O21. The number of aliphatic hydroxyl groups excluding tert-OH is 15. The number of hydrogen-bond acceptors (Lipinski definition) is 20. The van der Waals surface area contributed by atoms with E-state index in [1.165, 1.54) is 12.1 Å². The van der Waals surface area contributed by atoms with Crippen molar-refractivity contribution in [2.24, 2.45) is 0 Å². The van der Waals surface area contributed by atoms with E-state index in [-0.39, 0.29) is 108 Å². The molecule has 0 spiro atoms. The number of carboxylic acid groups (broad SMARTS) is 1. The summed E-state index contributed by atoms with van der Waals surface area (Å²) in [6.07, 6.45) is -23.2. The first kappa shape index (κ1) is 87.4. The number of phenolic OH excluding ortho intramolecular Hbond substituents is 3. The minimum atomic E-state index is -3.24. The first-order valence-electron chi connectivity index (χ1n) is 34.9. The van der Waals surface area contributed by atoms with Gasteiger partial charge in [0.25, 0.3) is 0 Å². The number of aliphatic hydroxyl groups is 15. The van der Waals surface area contributed by atoms with Crippen LogP contribution in [0.2, 0.25) is 0 Å². The topological polar surface area (TPSA) is 411 Å². The van der Waals surface area contributed by atoms with Crippen molar-refractivity contribution in [1.29, 1.82) is 0 Å². The predicted octanol–water partition coefficient (Wildman–Crippen LogP) is 6.73. The fourth-order valence-electron chi connectivity index (χ4n) is 14.2. The second kappa shape index (κ2) is 31.7. The molecule has 4 aromatic rings. The Hall–Kier alpha value is -5.05. The standard InChI is InChI=1S/C79H126O21/c1-70(2,3)46-26-41(27-47(65(46)95)71(4,5)6)78(34-55(88)59(92)38-83,42-28-48(72(7,8)9)66(96)49(29-42)73(10,11)12)79(69(98)99,43-30-50(74(13,14)15)67(97)51(31-43)75(16,17)18)62-44(32-53(86)57(90)36-81)63(76(19,20)21)68(100-40-61(94)60(93)39-84)64(45(62)33-54(87)58(91)37-82)77(22,23)25-24-52(85)56(89)35-80/h26-31,52-61,80-97H,24-25,32-40H2,1-23H3,(H,98,99)/t52-,53-,54-,55-,56+,57+,58+,59+,60+,61-,79?/m0/s1. The minimum absolute atomic E-state index is 0.00991. The monoisotopic (exact) mass is 1410 g/mol. The normalized spacial score (nSPS) is 17.2. The van der Waals surface area contributed by atoms with Crippen LogP contribution in [0.3, 0.4) is 0 Å². The Labute approximate surface area is 593 Å². The summed E-state index contributed by atoms with van der Waals surface area (Å²) in [5, 5.41) is 229. The second-order valence-corrected chi connectivity index (χ2v) is 35.8. The molecule has 0 aliphatic rings. The zero-order valence-electron chi connectivity index (χ0n) is 63.8. The van der Waals surface area contributed by atoms with Gasteiger partial charge >= 0.3 is 5.97 Å². The highest BCUT2D eigenvalue weighted by Gasteiger charge is 2.65. The van der Waals surface area contributed by atoms with Gasteiger partial charge < -0.3 is 102 Å². The van der Waals surface area contributed by atoms with Gasteiger partial charge in [-0.05, 0) is 129 Å². The highest BCUT2D eigenvalue weighted by Crippen LogP contribution is 2.64. The van der Waals surface area contributed by atoms with Crippen LogP contribution in [0.5, 0.6) is 23.0 Å². The molecule has 0 amide bonds. The SMILES string of the molecule is CC(C)(C)c1cc(C(C[C@H](O)[C@H](O)CO)(c2cc(C(C)(C)C)c(O)c(C(C)(C)C)c2)C(C(=O)O)(c2cc(C(C)(C)C)c(O)c(C(C)(C)C)c2)c2c(C[C@H](O)[C@H](O)CO)c(C(C)(C)C)c(OC[C@H](O)[C@H](O)CO)c(C(C)(C)CC[C@H](O)[C@H](O)CO)c2C[C@H](O)[C@H](O)CO)cc(C(C)(C)C)c1O. The molecule has 0 bridgehead atoms. The van der Waals surface area contributed by atoms with Gasteiger partial charge in [-0.1, -0.05) is 196 Å². The van der Waals surface area contributed by atoms with Crippen molar-refractivity contribution in [2.75, 3.05) is 39.6 Å². The number of benzene rings is 4. The maximum absolute atomic E-state index is 18.0. The number of phenols is 3. The van der Waals surface area contributed by atoms with Crippen LogP contribution >= 0.6 is 0 Å². The van der Waals surface area contributed by atoms with Gasteiger partial charge in [-0.2, -0.15) is 0 Å². The lowest BCUT2D eigenvalue weighted by Crippen LogP contribution is -2.60. The Bertz CT molecular complexity index is 3240. The van der Waals surface area contributed by atoms with Crippen LogP contribution in [-0.4, -0.2) is 204 Å². The van der Waals surface area contributed by atoms with Crippen molar-refractivity contribution in [3.8, 4) is 23.0 Å².